The predicted molar refractivity (Wildman–Crippen MR) is 60.4 cm³/mol. The number of aryl methyl sites for hydroxylation is 1. The fourth-order valence-corrected chi connectivity index (χ4v) is 1.98. The Hall–Kier alpha value is -1.23. The van der Waals surface area contributed by atoms with Crippen LogP contribution in [-0.2, 0) is 7.05 Å². The lowest BCUT2D eigenvalue weighted by Crippen LogP contribution is -3.00. The molecule has 0 amide bonds. The van der Waals surface area contributed by atoms with Crippen LogP contribution in [0.2, 0.25) is 0 Å². The lowest BCUT2D eigenvalue weighted by Gasteiger charge is -2.00. The van der Waals surface area contributed by atoms with Gasteiger partial charge in [-0.15, -0.1) is 0 Å². The maximum Gasteiger partial charge on any atom is 0.214 e. The molecule has 2 aromatic heterocycles. The molecule has 0 bridgehead atoms. The van der Waals surface area contributed by atoms with E-state index in [4.69, 9.17) is 0 Å². The Balaban J connectivity index is 0.000000963. The first-order chi connectivity index (χ1) is 7.36. The van der Waals surface area contributed by atoms with Gasteiger partial charge in [0.1, 0.15) is 7.05 Å². The SMILES string of the molecule is C[n+]1cccc2c3ncccc3ccc21.[I-]. The molecule has 0 unspecified atom stereocenters. The smallest absolute Gasteiger partial charge is 0.214 e. The van der Waals surface area contributed by atoms with E-state index in [9.17, 15) is 0 Å². The van der Waals surface area contributed by atoms with Crippen molar-refractivity contribution in [1.82, 2.24) is 4.98 Å². The number of nitrogens with zero attached hydrogens (tertiary/aromatic N) is 2. The molecule has 0 radical (unpaired) electrons. The normalized spacial score (nSPS) is 10.3. The fourth-order valence-electron chi connectivity index (χ4n) is 1.98. The summed E-state index contributed by atoms with van der Waals surface area (Å²) >= 11 is 0. The average molecular weight is 322 g/mol. The zero-order valence-electron chi connectivity index (χ0n) is 8.89. The van der Waals surface area contributed by atoms with Crippen molar-refractivity contribution in [2.75, 3.05) is 0 Å². The van der Waals surface area contributed by atoms with Crippen molar-refractivity contribution >= 4 is 21.8 Å². The van der Waals surface area contributed by atoms with E-state index in [-0.39, 0.29) is 24.0 Å². The zero-order chi connectivity index (χ0) is 10.3. The van der Waals surface area contributed by atoms with Gasteiger partial charge in [0.15, 0.2) is 6.20 Å². The van der Waals surface area contributed by atoms with Crippen LogP contribution in [0.1, 0.15) is 0 Å². The summed E-state index contributed by atoms with van der Waals surface area (Å²) in [5.74, 6) is 0. The second kappa shape index (κ2) is 4.33. The van der Waals surface area contributed by atoms with E-state index in [0.29, 0.717) is 0 Å². The van der Waals surface area contributed by atoms with Crippen LogP contribution in [0, 0.1) is 0 Å². The van der Waals surface area contributed by atoms with Crippen LogP contribution in [0.15, 0.2) is 48.8 Å². The largest absolute Gasteiger partial charge is 1.00 e. The minimum Gasteiger partial charge on any atom is -1.00 e. The van der Waals surface area contributed by atoms with Gasteiger partial charge in [0, 0.05) is 23.7 Å². The first-order valence-electron chi connectivity index (χ1n) is 4.98. The molecule has 3 heteroatoms. The van der Waals surface area contributed by atoms with Gasteiger partial charge in [0.2, 0.25) is 5.52 Å². The maximum absolute atomic E-state index is 4.44. The van der Waals surface area contributed by atoms with Gasteiger partial charge in [-0.3, -0.25) is 4.98 Å². The van der Waals surface area contributed by atoms with E-state index in [1.807, 2.05) is 12.3 Å². The van der Waals surface area contributed by atoms with Crippen molar-refractivity contribution in [2.24, 2.45) is 7.05 Å². The Morgan fingerprint density at radius 3 is 2.81 bits per heavy atom. The summed E-state index contributed by atoms with van der Waals surface area (Å²) in [4.78, 5) is 4.44. The maximum atomic E-state index is 4.44. The fraction of sp³-hybridized carbons (Fsp3) is 0.0769. The van der Waals surface area contributed by atoms with Crippen LogP contribution >= 0.6 is 0 Å². The number of hydrogen-bond acceptors (Lipinski definition) is 1. The standard InChI is InChI=1S/C13H11N2.HI/c1-15-9-3-5-11-12(15)7-6-10-4-2-8-14-13(10)11;/h2-9H,1H3;1H/q+1;/p-1. The third kappa shape index (κ3) is 1.65. The van der Waals surface area contributed by atoms with E-state index in [2.05, 4.69) is 53.1 Å². The number of benzene rings is 1. The molecule has 2 nitrogen and oxygen atoms in total. The van der Waals surface area contributed by atoms with Crippen LogP contribution in [0.25, 0.3) is 21.8 Å². The molecule has 0 spiro atoms. The number of halogens is 1. The summed E-state index contributed by atoms with van der Waals surface area (Å²) in [6.45, 7) is 0. The Kier molecular flexibility index (Phi) is 3.05. The van der Waals surface area contributed by atoms with Crippen molar-refractivity contribution in [3.63, 3.8) is 0 Å². The van der Waals surface area contributed by atoms with Crippen LogP contribution < -0.4 is 28.5 Å². The van der Waals surface area contributed by atoms with Crippen molar-refractivity contribution in [3.05, 3.63) is 48.8 Å². The summed E-state index contributed by atoms with van der Waals surface area (Å²) in [7, 11) is 2.05. The topological polar surface area (TPSA) is 16.8 Å². The number of pyridine rings is 2. The summed E-state index contributed by atoms with van der Waals surface area (Å²) in [6.07, 6.45) is 3.89. The van der Waals surface area contributed by atoms with Crippen molar-refractivity contribution in [2.45, 2.75) is 0 Å². The molecule has 0 aliphatic rings. The highest BCUT2D eigenvalue weighted by Gasteiger charge is 2.07. The highest BCUT2D eigenvalue weighted by molar-refractivity contribution is 6.02. The van der Waals surface area contributed by atoms with Crippen molar-refractivity contribution < 1.29 is 28.5 Å². The quantitative estimate of drug-likeness (QED) is 0.301. The Morgan fingerprint density at radius 1 is 1.06 bits per heavy atom. The van der Waals surface area contributed by atoms with E-state index in [1.54, 1.807) is 0 Å². The van der Waals surface area contributed by atoms with Gasteiger partial charge in [0.25, 0.3) is 0 Å². The van der Waals surface area contributed by atoms with E-state index in [0.717, 1.165) is 5.52 Å². The number of fused-ring (bicyclic) bond motifs is 3. The molecule has 3 aromatic rings. The van der Waals surface area contributed by atoms with Crippen LogP contribution in [0.3, 0.4) is 0 Å². The van der Waals surface area contributed by atoms with Gasteiger partial charge >= 0.3 is 0 Å². The molecule has 0 saturated carbocycles. The van der Waals surface area contributed by atoms with Crippen LogP contribution in [0.5, 0.6) is 0 Å². The highest BCUT2D eigenvalue weighted by atomic mass is 127. The molecule has 16 heavy (non-hydrogen) atoms. The Labute approximate surface area is 111 Å². The lowest BCUT2D eigenvalue weighted by molar-refractivity contribution is -0.644. The molecule has 0 atom stereocenters. The number of aromatic nitrogens is 2. The highest BCUT2D eigenvalue weighted by Crippen LogP contribution is 2.20. The minimum atomic E-state index is 0. The average Bonchev–Trinajstić information content (AvgIpc) is 2.29. The molecule has 1 aromatic carbocycles. The first-order valence-corrected chi connectivity index (χ1v) is 4.98. The van der Waals surface area contributed by atoms with Gasteiger partial charge in [-0.25, -0.2) is 4.57 Å². The van der Waals surface area contributed by atoms with E-state index in [1.165, 1.54) is 16.3 Å². The lowest BCUT2D eigenvalue weighted by atomic mass is 10.1. The minimum absolute atomic E-state index is 0. The summed E-state index contributed by atoms with van der Waals surface area (Å²) in [6, 6.07) is 12.5. The molecule has 3 rings (SSSR count). The molecule has 2 heterocycles. The predicted octanol–water partition coefficient (Wildman–Crippen LogP) is -0.784. The zero-order valence-corrected chi connectivity index (χ0v) is 11.0. The molecule has 0 aliphatic carbocycles. The van der Waals surface area contributed by atoms with Gasteiger partial charge < -0.3 is 24.0 Å². The summed E-state index contributed by atoms with van der Waals surface area (Å²) < 4.78 is 2.11. The van der Waals surface area contributed by atoms with Gasteiger partial charge in [-0.05, 0) is 18.2 Å². The molecular formula is C13H11IN2. The second-order valence-corrected chi connectivity index (χ2v) is 3.69. The third-order valence-electron chi connectivity index (χ3n) is 2.74. The van der Waals surface area contributed by atoms with Gasteiger partial charge in [0.05, 0.1) is 10.9 Å². The number of rotatable bonds is 0. The monoisotopic (exact) mass is 322 g/mol. The molecule has 0 saturated heterocycles. The Morgan fingerprint density at radius 2 is 1.94 bits per heavy atom. The summed E-state index contributed by atoms with van der Waals surface area (Å²) in [5.41, 5.74) is 2.29. The third-order valence-corrected chi connectivity index (χ3v) is 2.74. The number of hydrogen-bond donors (Lipinski definition) is 0. The summed E-state index contributed by atoms with van der Waals surface area (Å²) in [5, 5.41) is 2.40. The molecule has 0 aliphatic heterocycles. The van der Waals surface area contributed by atoms with Crippen LogP contribution in [0.4, 0.5) is 0 Å². The Bertz CT molecular complexity index is 650. The van der Waals surface area contributed by atoms with Crippen LogP contribution in [-0.4, -0.2) is 4.98 Å². The first kappa shape index (κ1) is 11.3. The van der Waals surface area contributed by atoms with E-state index >= 15 is 0 Å². The van der Waals surface area contributed by atoms with Gasteiger partial charge in [-0.2, -0.15) is 0 Å². The molecule has 0 N–H and O–H groups in total. The second-order valence-electron chi connectivity index (χ2n) is 3.69. The van der Waals surface area contributed by atoms with Gasteiger partial charge in [-0.1, -0.05) is 6.07 Å². The van der Waals surface area contributed by atoms with E-state index < -0.39 is 0 Å². The molecule has 0 fully saturated rings. The van der Waals surface area contributed by atoms with Crippen molar-refractivity contribution in [1.29, 1.82) is 0 Å². The van der Waals surface area contributed by atoms with Crippen molar-refractivity contribution in [3.8, 4) is 0 Å². The molecular weight excluding hydrogens is 311 g/mol. The molecule has 80 valence electrons.